The van der Waals surface area contributed by atoms with Crippen molar-refractivity contribution in [3.8, 4) is 0 Å². The maximum absolute atomic E-state index is 12.6. The molecule has 1 atom stereocenters. The van der Waals surface area contributed by atoms with Crippen LogP contribution in [0.15, 0.2) is 24.3 Å². The number of likely N-dealkylation sites (N-methyl/N-ethyl adjacent to an activating group) is 1. The zero-order chi connectivity index (χ0) is 10.6. The summed E-state index contributed by atoms with van der Waals surface area (Å²) in [4.78, 5) is 11.4. The fourth-order valence-electron chi connectivity index (χ4n) is 1.44. The van der Waals surface area contributed by atoms with E-state index in [2.05, 4.69) is 5.32 Å². The lowest BCUT2D eigenvalue weighted by Crippen LogP contribution is -2.25. The van der Waals surface area contributed by atoms with Crippen LogP contribution in [0.25, 0.3) is 0 Å². The number of halogens is 1. The van der Waals surface area contributed by atoms with E-state index >= 15 is 0 Å². The van der Waals surface area contributed by atoms with Crippen molar-refractivity contribution in [2.24, 2.45) is 0 Å². The molecule has 0 aliphatic rings. The van der Waals surface area contributed by atoms with Gasteiger partial charge in [0.25, 0.3) is 0 Å². The van der Waals surface area contributed by atoms with Crippen LogP contribution in [-0.2, 0) is 4.79 Å². The van der Waals surface area contributed by atoms with Crippen LogP contribution in [0.5, 0.6) is 0 Å². The Morgan fingerprint density at radius 2 is 2.00 bits per heavy atom. The Hall–Kier alpha value is -1.38. The SMILES string of the molecule is CCC(C(=O)NC)c1ccc(F)cc1. The first-order valence-corrected chi connectivity index (χ1v) is 4.66. The third-order valence-electron chi connectivity index (χ3n) is 2.24. The molecule has 0 aliphatic carbocycles. The van der Waals surface area contributed by atoms with E-state index in [9.17, 15) is 9.18 Å². The minimum atomic E-state index is -0.277. The Bertz CT molecular complexity index is 308. The molecule has 0 aromatic heterocycles. The van der Waals surface area contributed by atoms with Gasteiger partial charge in [0.05, 0.1) is 5.92 Å². The lowest BCUT2D eigenvalue weighted by molar-refractivity contribution is -0.122. The zero-order valence-electron chi connectivity index (χ0n) is 8.38. The molecule has 1 rings (SSSR count). The summed E-state index contributed by atoms with van der Waals surface area (Å²) in [6, 6.07) is 6.05. The molecule has 1 unspecified atom stereocenters. The van der Waals surface area contributed by atoms with Crippen molar-refractivity contribution >= 4 is 5.91 Å². The van der Waals surface area contributed by atoms with E-state index in [4.69, 9.17) is 0 Å². The topological polar surface area (TPSA) is 29.1 Å². The van der Waals surface area contributed by atoms with Gasteiger partial charge < -0.3 is 5.32 Å². The third-order valence-corrected chi connectivity index (χ3v) is 2.24. The van der Waals surface area contributed by atoms with Gasteiger partial charge in [0.1, 0.15) is 5.82 Å². The number of rotatable bonds is 3. The van der Waals surface area contributed by atoms with Crippen LogP contribution in [-0.4, -0.2) is 13.0 Å². The second-order valence-corrected chi connectivity index (χ2v) is 3.13. The molecule has 14 heavy (non-hydrogen) atoms. The Labute approximate surface area is 83.1 Å². The molecule has 1 aromatic carbocycles. The molecule has 0 aliphatic heterocycles. The quantitative estimate of drug-likeness (QED) is 0.786. The summed E-state index contributed by atoms with van der Waals surface area (Å²) in [5, 5.41) is 2.60. The summed E-state index contributed by atoms with van der Waals surface area (Å²) in [5.41, 5.74) is 0.855. The molecule has 2 nitrogen and oxygen atoms in total. The summed E-state index contributed by atoms with van der Waals surface area (Å²) in [6.07, 6.45) is 0.714. The average molecular weight is 195 g/mol. The van der Waals surface area contributed by atoms with E-state index in [-0.39, 0.29) is 17.6 Å². The summed E-state index contributed by atoms with van der Waals surface area (Å²) in [5.74, 6) is -0.486. The predicted octanol–water partition coefficient (Wildman–Crippen LogP) is 2.07. The molecule has 0 fully saturated rings. The molecule has 1 N–H and O–H groups in total. The molecule has 1 amide bonds. The molecule has 1 aromatic rings. The van der Waals surface area contributed by atoms with Crippen molar-refractivity contribution in [1.82, 2.24) is 5.32 Å². The molecular weight excluding hydrogens is 181 g/mol. The molecule has 0 saturated heterocycles. The molecule has 76 valence electrons. The monoisotopic (exact) mass is 195 g/mol. The van der Waals surface area contributed by atoms with E-state index in [1.165, 1.54) is 12.1 Å². The van der Waals surface area contributed by atoms with Gasteiger partial charge in [0.15, 0.2) is 0 Å². The van der Waals surface area contributed by atoms with Gasteiger partial charge in [-0.3, -0.25) is 4.79 Å². The molecule has 3 heteroatoms. The van der Waals surface area contributed by atoms with Crippen LogP contribution in [0.2, 0.25) is 0 Å². The van der Waals surface area contributed by atoms with E-state index in [0.29, 0.717) is 6.42 Å². The third kappa shape index (κ3) is 2.31. The Morgan fingerprint density at radius 3 is 2.43 bits per heavy atom. The highest BCUT2D eigenvalue weighted by Gasteiger charge is 2.16. The van der Waals surface area contributed by atoms with Crippen molar-refractivity contribution in [2.75, 3.05) is 7.05 Å². The lowest BCUT2D eigenvalue weighted by atomic mass is 9.96. The first kappa shape index (κ1) is 10.7. The molecule has 0 spiro atoms. The minimum absolute atomic E-state index is 0.0286. The fraction of sp³-hybridized carbons (Fsp3) is 0.364. The maximum Gasteiger partial charge on any atom is 0.227 e. The highest BCUT2D eigenvalue weighted by Crippen LogP contribution is 2.19. The van der Waals surface area contributed by atoms with Gasteiger partial charge in [-0.1, -0.05) is 19.1 Å². The zero-order valence-corrected chi connectivity index (χ0v) is 8.38. The second kappa shape index (κ2) is 4.74. The van der Waals surface area contributed by atoms with Crippen LogP contribution in [0.1, 0.15) is 24.8 Å². The van der Waals surface area contributed by atoms with Crippen LogP contribution in [0.3, 0.4) is 0 Å². The van der Waals surface area contributed by atoms with Gasteiger partial charge in [-0.05, 0) is 24.1 Å². The number of hydrogen-bond donors (Lipinski definition) is 1. The van der Waals surface area contributed by atoms with Crippen molar-refractivity contribution < 1.29 is 9.18 Å². The Morgan fingerprint density at radius 1 is 1.43 bits per heavy atom. The Balaban J connectivity index is 2.89. The van der Waals surface area contributed by atoms with Crippen LogP contribution in [0.4, 0.5) is 4.39 Å². The largest absolute Gasteiger partial charge is 0.359 e. The number of carbonyl (C=O) groups is 1. The highest BCUT2D eigenvalue weighted by molar-refractivity contribution is 5.83. The lowest BCUT2D eigenvalue weighted by Gasteiger charge is -2.13. The molecule has 0 radical (unpaired) electrons. The Kier molecular flexibility index (Phi) is 3.63. The summed E-state index contributed by atoms with van der Waals surface area (Å²) >= 11 is 0. The molecular formula is C11H14FNO. The first-order chi connectivity index (χ1) is 6.69. The van der Waals surface area contributed by atoms with Crippen molar-refractivity contribution in [3.05, 3.63) is 35.6 Å². The van der Waals surface area contributed by atoms with Crippen LogP contribution >= 0.6 is 0 Å². The number of nitrogens with one attached hydrogen (secondary N) is 1. The summed E-state index contributed by atoms with van der Waals surface area (Å²) in [6.45, 7) is 1.93. The number of hydrogen-bond acceptors (Lipinski definition) is 1. The minimum Gasteiger partial charge on any atom is -0.359 e. The fourth-order valence-corrected chi connectivity index (χ4v) is 1.44. The molecule has 0 heterocycles. The summed E-state index contributed by atoms with van der Waals surface area (Å²) < 4.78 is 12.6. The van der Waals surface area contributed by atoms with Gasteiger partial charge in [-0.2, -0.15) is 0 Å². The van der Waals surface area contributed by atoms with E-state index in [1.807, 2.05) is 6.92 Å². The van der Waals surface area contributed by atoms with Crippen LogP contribution < -0.4 is 5.32 Å². The van der Waals surface area contributed by atoms with Gasteiger partial charge >= 0.3 is 0 Å². The van der Waals surface area contributed by atoms with Gasteiger partial charge in [-0.25, -0.2) is 4.39 Å². The maximum atomic E-state index is 12.6. The normalized spacial score (nSPS) is 12.2. The number of carbonyl (C=O) groups excluding carboxylic acids is 1. The smallest absolute Gasteiger partial charge is 0.227 e. The van der Waals surface area contributed by atoms with E-state index < -0.39 is 0 Å². The molecule has 0 saturated carbocycles. The van der Waals surface area contributed by atoms with Crippen LogP contribution in [0, 0.1) is 5.82 Å². The van der Waals surface area contributed by atoms with E-state index in [0.717, 1.165) is 5.56 Å². The van der Waals surface area contributed by atoms with Crippen molar-refractivity contribution in [1.29, 1.82) is 0 Å². The number of benzene rings is 1. The second-order valence-electron chi connectivity index (χ2n) is 3.13. The van der Waals surface area contributed by atoms with Gasteiger partial charge in [-0.15, -0.1) is 0 Å². The van der Waals surface area contributed by atoms with Gasteiger partial charge in [0, 0.05) is 7.05 Å². The number of amides is 1. The molecule has 0 bridgehead atoms. The summed E-state index contributed by atoms with van der Waals surface area (Å²) in [7, 11) is 1.61. The predicted molar refractivity (Wildman–Crippen MR) is 53.5 cm³/mol. The highest BCUT2D eigenvalue weighted by atomic mass is 19.1. The van der Waals surface area contributed by atoms with Crippen molar-refractivity contribution in [3.63, 3.8) is 0 Å². The van der Waals surface area contributed by atoms with E-state index in [1.54, 1.807) is 19.2 Å². The van der Waals surface area contributed by atoms with Gasteiger partial charge in [0.2, 0.25) is 5.91 Å². The van der Waals surface area contributed by atoms with Crippen molar-refractivity contribution in [2.45, 2.75) is 19.3 Å². The standard InChI is InChI=1S/C11H14FNO/c1-3-10(11(14)13-2)8-4-6-9(12)7-5-8/h4-7,10H,3H2,1-2H3,(H,13,14). The average Bonchev–Trinajstić information content (AvgIpc) is 2.21. The first-order valence-electron chi connectivity index (χ1n) is 4.66.